The van der Waals surface area contributed by atoms with Gasteiger partial charge in [-0.05, 0) is 12.5 Å². The van der Waals surface area contributed by atoms with Gasteiger partial charge in [-0.15, -0.1) is 11.3 Å². The van der Waals surface area contributed by atoms with E-state index in [1.54, 1.807) is 17.5 Å². The normalized spacial score (nSPS) is 12.1. The van der Waals surface area contributed by atoms with Gasteiger partial charge < -0.3 is 11.1 Å². The summed E-state index contributed by atoms with van der Waals surface area (Å²) < 4.78 is 0. The van der Waals surface area contributed by atoms with E-state index in [1.807, 2.05) is 36.6 Å². The molecular weight excluding hydrogens is 258 g/mol. The Morgan fingerprint density at radius 3 is 2.79 bits per heavy atom. The fourth-order valence-corrected chi connectivity index (χ4v) is 2.32. The van der Waals surface area contributed by atoms with Crippen molar-refractivity contribution in [3.63, 3.8) is 0 Å². The van der Waals surface area contributed by atoms with Crippen LogP contribution in [0.3, 0.4) is 0 Å². The molecule has 0 spiro atoms. The van der Waals surface area contributed by atoms with Gasteiger partial charge in [-0.2, -0.15) is 0 Å². The first kappa shape index (κ1) is 13.7. The van der Waals surface area contributed by atoms with Crippen molar-refractivity contribution < 1.29 is 4.79 Å². The zero-order chi connectivity index (χ0) is 13.7. The first-order valence-electron chi connectivity index (χ1n) is 6.15. The molecule has 1 unspecified atom stereocenters. The van der Waals surface area contributed by atoms with E-state index in [4.69, 9.17) is 5.73 Å². The summed E-state index contributed by atoms with van der Waals surface area (Å²) in [6.07, 6.45) is 2.50. The smallest absolute Gasteiger partial charge is 0.241 e. The Kier molecular flexibility index (Phi) is 4.65. The average molecular weight is 275 g/mol. The van der Waals surface area contributed by atoms with Crippen LogP contribution in [0.1, 0.15) is 22.2 Å². The molecule has 3 N–H and O–H groups in total. The molecule has 0 saturated carbocycles. The van der Waals surface area contributed by atoms with Crippen LogP contribution in [0.5, 0.6) is 0 Å². The molecule has 100 valence electrons. The van der Waals surface area contributed by atoms with Crippen LogP contribution in [0, 0.1) is 6.92 Å². The van der Waals surface area contributed by atoms with Crippen LogP contribution in [0.15, 0.2) is 35.8 Å². The molecule has 0 saturated heterocycles. The standard InChI is InChI=1S/C14H17N3OS/c1-10-2-4-11(5-3-10)13(15)14(18)17-7-6-12-16-8-9-19-12/h2-5,8-9,13H,6-7,15H2,1H3,(H,17,18). The predicted molar refractivity (Wildman–Crippen MR) is 76.9 cm³/mol. The van der Waals surface area contributed by atoms with E-state index in [1.165, 1.54) is 0 Å². The van der Waals surface area contributed by atoms with Crippen LogP contribution >= 0.6 is 11.3 Å². The molecule has 1 aromatic heterocycles. The molecule has 2 rings (SSSR count). The molecule has 1 heterocycles. The molecule has 0 aliphatic carbocycles. The van der Waals surface area contributed by atoms with Crippen LogP contribution in [0.2, 0.25) is 0 Å². The zero-order valence-corrected chi connectivity index (χ0v) is 11.6. The van der Waals surface area contributed by atoms with Crippen molar-refractivity contribution in [2.45, 2.75) is 19.4 Å². The maximum Gasteiger partial charge on any atom is 0.241 e. The highest BCUT2D eigenvalue weighted by Crippen LogP contribution is 2.11. The minimum Gasteiger partial charge on any atom is -0.354 e. The number of amides is 1. The number of rotatable bonds is 5. The van der Waals surface area contributed by atoms with Gasteiger partial charge in [0.2, 0.25) is 5.91 Å². The Balaban J connectivity index is 1.83. The Labute approximate surface area is 116 Å². The highest BCUT2D eigenvalue weighted by atomic mass is 32.1. The molecule has 1 amide bonds. The van der Waals surface area contributed by atoms with Gasteiger partial charge in [0.1, 0.15) is 6.04 Å². The van der Waals surface area contributed by atoms with Crippen LogP contribution in [0.25, 0.3) is 0 Å². The van der Waals surface area contributed by atoms with Gasteiger partial charge >= 0.3 is 0 Å². The van der Waals surface area contributed by atoms with Crippen molar-refractivity contribution >= 4 is 17.2 Å². The molecule has 1 atom stereocenters. The summed E-state index contributed by atoms with van der Waals surface area (Å²) in [5, 5.41) is 5.78. The summed E-state index contributed by atoms with van der Waals surface area (Å²) in [7, 11) is 0. The number of aromatic nitrogens is 1. The highest BCUT2D eigenvalue weighted by Gasteiger charge is 2.14. The molecule has 4 nitrogen and oxygen atoms in total. The fourth-order valence-electron chi connectivity index (χ4n) is 1.70. The van der Waals surface area contributed by atoms with Gasteiger partial charge in [0.05, 0.1) is 5.01 Å². The van der Waals surface area contributed by atoms with Gasteiger partial charge in [0.15, 0.2) is 0 Å². The second-order valence-corrected chi connectivity index (χ2v) is 5.33. The first-order valence-corrected chi connectivity index (χ1v) is 7.03. The number of nitrogens with zero attached hydrogens (tertiary/aromatic N) is 1. The van der Waals surface area contributed by atoms with E-state index in [-0.39, 0.29) is 5.91 Å². The summed E-state index contributed by atoms with van der Waals surface area (Å²) >= 11 is 1.59. The van der Waals surface area contributed by atoms with Crippen LogP contribution in [0.4, 0.5) is 0 Å². The predicted octanol–water partition coefficient (Wildman–Crippen LogP) is 1.81. The van der Waals surface area contributed by atoms with Crippen LogP contribution in [-0.2, 0) is 11.2 Å². The minimum atomic E-state index is -0.614. The molecule has 0 radical (unpaired) electrons. The highest BCUT2D eigenvalue weighted by molar-refractivity contribution is 7.09. The van der Waals surface area contributed by atoms with Crippen LogP contribution in [-0.4, -0.2) is 17.4 Å². The molecule has 2 aromatic rings. The maximum absolute atomic E-state index is 11.9. The largest absolute Gasteiger partial charge is 0.354 e. The van der Waals surface area contributed by atoms with E-state index in [0.717, 1.165) is 22.6 Å². The third-order valence-corrected chi connectivity index (χ3v) is 3.68. The fraction of sp³-hybridized carbons (Fsp3) is 0.286. The van der Waals surface area contributed by atoms with Crippen LogP contribution < -0.4 is 11.1 Å². The van der Waals surface area contributed by atoms with Gasteiger partial charge in [-0.1, -0.05) is 29.8 Å². The minimum absolute atomic E-state index is 0.152. The summed E-state index contributed by atoms with van der Waals surface area (Å²) in [4.78, 5) is 16.1. The van der Waals surface area contributed by atoms with E-state index in [2.05, 4.69) is 10.3 Å². The molecule has 0 aliphatic rings. The molecule has 5 heteroatoms. The van der Waals surface area contributed by atoms with Gasteiger partial charge in [-0.25, -0.2) is 4.98 Å². The molecule has 0 fully saturated rings. The van der Waals surface area contributed by atoms with Gasteiger partial charge in [-0.3, -0.25) is 4.79 Å². The summed E-state index contributed by atoms with van der Waals surface area (Å²) in [5.74, 6) is -0.152. The summed E-state index contributed by atoms with van der Waals surface area (Å²) in [5.41, 5.74) is 7.91. The lowest BCUT2D eigenvalue weighted by atomic mass is 10.1. The Bertz CT molecular complexity index is 522. The Morgan fingerprint density at radius 2 is 2.16 bits per heavy atom. The van der Waals surface area contributed by atoms with Crippen molar-refractivity contribution in [3.05, 3.63) is 52.0 Å². The topological polar surface area (TPSA) is 68.0 Å². The van der Waals surface area contributed by atoms with E-state index < -0.39 is 6.04 Å². The monoisotopic (exact) mass is 275 g/mol. The summed E-state index contributed by atoms with van der Waals surface area (Å²) in [6.45, 7) is 2.56. The van der Waals surface area contributed by atoms with Crippen molar-refractivity contribution in [2.75, 3.05) is 6.54 Å². The number of hydrogen-bond donors (Lipinski definition) is 2. The van der Waals surface area contributed by atoms with E-state index >= 15 is 0 Å². The lowest BCUT2D eigenvalue weighted by Crippen LogP contribution is -2.35. The number of nitrogens with two attached hydrogens (primary N) is 1. The summed E-state index contributed by atoms with van der Waals surface area (Å²) in [6, 6.07) is 7.08. The van der Waals surface area contributed by atoms with Gasteiger partial charge in [0, 0.05) is 24.5 Å². The first-order chi connectivity index (χ1) is 9.16. The number of carbonyl (C=O) groups excluding carboxylic acids is 1. The average Bonchev–Trinajstić information content (AvgIpc) is 2.92. The quantitative estimate of drug-likeness (QED) is 0.874. The third-order valence-electron chi connectivity index (χ3n) is 2.84. The number of thiazole rings is 1. The van der Waals surface area contributed by atoms with Crippen molar-refractivity contribution in [1.82, 2.24) is 10.3 Å². The molecule has 0 bridgehead atoms. The third kappa shape index (κ3) is 3.87. The zero-order valence-electron chi connectivity index (χ0n) is 10.8. The Morgan fingerprint density at radius 1 is 1.42 bits per heavy atom. The molecule has 19 heavy (non-hydrogen) atoms. The van der Waals surface area contributed by atoms with Crippen molar-refractivity contribution in [1.29, 1.82) is 0 Å². The molecular formula is C14H17N3OS. The second kappa shape index (κ2) is 6.45. The lowest BCUT2D eigenvalue weighted by molar-refractivity contribution is -0.122. The number of nitrogens with one attached hydrogen (secondary N) is 1. The number of carbonyl (C=O) groups is 1. The van der Waals surface area contributed by atoms with Crippen molar-refractivity contribution in [2.24, 2.45) is 5.73 Å². The SMILES string of the molecule is Cc1ccc(C(N)C(=O)NCCc2nccs2)cc1. The Hall–Kier alpha value is -1.72. The molecule has 0 aliphatic heterocycles. The maximum atomic E-state index is 11.9. The second-order valence-electron chi connectivity index (χ2n) is 4.36. The van der Waals surface area contributed by atoms with E-state index in [0.29, 0.717) is 6.54 Å². The number of hydrogen-bond acceptors (Lipinski definition) is 4. The lowest BCUT2D eigenvalue weighted by Gasteiger charge is -2.12. The number of benzene rings is 1. The van der Waals surface area contributed by atoms with Crippen molar-refractivity contribution in [3.8, 4) is 0 Å². The molecule has 1 aromatic carbocycles. The number of aryl methyl sites for hydroxylation is 1. The van der Waals surface area contributed by atoms with E-state index in [9.17, 15) is 4.79 Å². The van der Waals surface area contributed by atoms with Gasteiger partial charge in [0.25, 0.3) is 0 Å².